The number of aromatic nitrogens is 1. The Bertz CT molecular complexity index is 607. The van der Waals surface area contributed by atoms with Gasteiger partial charge in [0.05, 0.1) is 0 Å². The van der Waals surface area contributed by atoms with Crippen LogP contribution in [0.25, 0.3) is 0 Å². The first-order valence-electron chi connectivity index (χ1n) is 7.37. The number of hydrogen-bond acceptors (Lipinski definition) is 3. The maximum Gasteiger partial charge on any atom is 0.253 e. The van der Waals surface area contributed by atoms with Crippen LogP contribution < -0.4 is 5.32 Å². The van der Waals surface area contributed by atoms with E-state index in [1.165, 1.54) is 0 Å². The van der Waals surface area contributed by atoms with Gasteiger partial charge in [-0.2, -0.15) is 0 Å². The summed E-state index contributed by atoms with van der Waals surface area (Å²) in [5.41, 5.74) is 1.84. The number of benzene rings is 1. The second-order valence-corrected chi connectivity index (χ2v) is 5.81. The number of nitrogens with zero attached hydrogens (tertiary/aromatic N) is 2. The summed E-state index contributed by atoms with van der Waals surface area (Å²) in [6.45, 7) is 6.12. The largest absolute Gasteiger partial charge is 0.366 e. The molecule has 1 N–H and O–H groups in total. The molecule has 0 spiro atoms. The molecule has 0 aliphatic carbocycles. The molecular formula is C17H20BrN3O. The number of hydrogen-bond donors (Lipinski definition) is 1. The number of pyridine rings is 1. The first-order chi connectivity index (χ1) is 10.6. The van der Waals surface area contributed by atoms with Gasteiger partial charge in [0.15, 0.2) is 0 Å². The van der Waals surface area contributed by atoms with Crippen LogP contribution in [-0.2, 0) is 6.54 Å². The molecule has 0 unspecified atom stereocenters. The van der Waals surface area contributed by atoms with Crippen LogP contribution in [0, 0.1) is 0 Å². The van der Waals surface area contributed by atoms with Crippen LogP contribution in [0.2, 0.25) is 0 Å². The summed E-state index contributed by atoms with van der Waals surface area (Å²) in [7, 11) is 0. The number of carbonyl (C=O) groups excluding carboxylic acids is 1. The van der Waals surface area contributed by atoms with Gasteiger partial charge in [0.1, 0.15) is 5.82 Å². The second-order valence-electron chi connectivity index (χ2n) is 4.89. The number of nitrogens with one attached hydrogen (secondary N) is 1. The predicted octanol–water partition coefficient (Wildman–Crippen LogP) is 3.94. The monoisotopic (exact) mass is 361 g/mol. The topological polar surface area (TPSA) is 45.2 Å². The summed E-state index contributed by atoms with van der Waals surface area (Å²) in [5.74, 6) is 0.908. The van der Waals surface area contributed by atoms with E-state index in [1.54, 1.807) is 6.20 Å². The first kappa shape index (κ1) is 16.5. The molecule has 0 bridgehead atoms. The van der Waals surface area contributed by atoms with Gasteiger partial charge >= 0.3 is 0 Å². The molecule has 0 atom stereocenters. The molecule has 22 heavy (non-hydrogen) atoms. The fraction of sp³-hybridized carbons (Fsp3) is 0.294. The van der Waals surface area contributed by atoms with E-state index in [1.807, 2.05) is 55.1 Å². The van der Waals surface area contributed by atoms with Crippen LogP contribution in [0.5, 0.6) is 0 Å². The lowest BCUT2D eigenvalue weighted by Gasteiger charge is -2.18. The van der Waals surface area contributed by atoms with Gasteiger partial charge in [-0.3, -0.25) is 4.79 Å². The zero-order valence-corrected chi connectivity index (χ0v) is 14.4. The van der Waals surface area contributed by atoms with Crippen molar-refractivity contribution < 1.29 is 4.79 Å². The number of amides is 1. The third-order valence-electron chi connectivity index (χ3n) is 3.45. The van der Waals surface area contributed by atoms with Gasteiger partial charge in [-0.25, -0.2) is 4.98 Å². The highest BCUT2D eigenvalue weighted by Gasteiger charge is 2.11. The van der Waals surface area contributed by atoms with Gasteiger partial charge < -0.3 is 10.2 Å². The molecule has 1 heterocycles. The minimum absolute atomic E-state index is 0.0825. The summed E-state index contributed by atoms with van der Waals surface area (Å²) in [6, 6.07) is 11.6. The lowest BCUT2D eigenvalue weighted by molar-refractivity contribution is 0.0773. The maximum atomic E-state index is 12.2. The average Bonchev–Trinajstić information content (AvgIpc) is 2.56. The lowest BCUT2D eigenvalue weighted by Crippen LogP contribution is -2.30. The third kappa shape index (κ3) is 4.31. The predicted molar refractivity (Wildman–Crippen MR) is 93.0 cm³/mol. The molecule has 4 nitrogen and oxygen atoms in total. The number of halogens is 1. The van der Waals surface area contributed by atoms with Gasteiger partial charge in [-0.15, -0.1) is 0 Å². The van der Waals surface area contributed by atoms with Crippen molar-refractivity contribution in [3.05, 3.63) is 58.2 Å². The van der Waals surface area contributed by atoms with Gasteiger partial charge in [0.2, 0.25) is 0 Å². The molecule has 2 rings (SSSR count). The van der Waals surface area contributed by atoms with Crippen LogP contribution in [0.3, 0.4) is 0 Å². The molecule has 0 fully saturated rings. The maximum absolute atomic E-state index is 12.2. The standard InChI is InChI=1S/C17H20BrN3O/c1-3-21(4-2)17(22)14-7-5-13(6-8-14)11-19-16-10-9-15(18)12-20-16/h5-10,12H,3-4,11H2,1-2H3,(H,19,20). The summed E-state index contributed by atoms with van der Waals surface area (Å²) in [6.07, 6.45) is 1.76. The molecule has 0 aliphatic heterocycles. The van der Waals surface area contributed by atoms with Crippen molar-refractivity contribution in [3.63, 3.8) is 0 Å². The Morgan fingerprint density at radius 3 is 2.36 bits per heavy atom. The summed E-state index contributed by atoms with van der Waals surface area (Å²) in [5, 5.41) is 3.25. The van der Waals surface area contributed by atoms with Gasteiger partial charge in [-0.05, 0) is 59.6 Å². The number of rotatable bonds is 6. The molecule has 1 aromatic heterocycles. The minimum atomic E-state index is 0.0825. The van der Waals surface area contributed by atoms with E-state index >= 15 is 0 Å². The summed E-state index contributed by atoms with van der Waals surface area (Å²) >= 11 is 3.36. The second kappa shape index (κ2) is 7.94. The Hall–Kier alpha value is -1.88. The number of carbonyl (C=O) groups is 1. The van der Waals surface area contributed by atoms with Gasteiger partial charge in [0, 0.05) is 35.9 Å². The van der Waals surface area contributed by atoms with E-state index < -0.39 is 0 Å². The van der Waals surface area contributed by atoms with Crippen LogP contribution in [0.1, 0.15) is 29.8 Å². The lowest BCUT2D eigenvalue weighted by atomic mass is 10.1. The summed E-state index contributed by atoms with van der Waals surface area (Å²) < 4.78 is 0.956. The molecule has 1 amide bonds. The zero-order valence-electron chi connectivity index (χ0n) is 12.8. The van der Waals surface area contributed by atoms with Crippen LogP contribution in [0.4, 0.5) is 5.82 Å². The fourth-order valence-corrected chi connectivity index (χ4v) is 2.37. The minimum Gasteiger partial charge on any atom is -0.366 e. The third-order valence-corrected chi connectivity index (χ3v) is 3.92. The summed E-state index contributed by atoms with van der Waals surface area (Å²) in [4.78, 5) is 18.3. The highest BCUT2D eigenvalue weighted by molar-refractivity contribution is 9.10. The van der Waals surface area contributed by atoms with Crippen LogP contribution in [0.15, 0.2) is 47.1 Å². The molecular weight excluding hydrogens is 342 g/mol. The Morgan fingerprint density at radius 2 is 1.82 bits per heavy atom. The van der Waals surface area contributed by atoms with E-state index in [2.05, 4.69) is 26.2 Å². The Kier molecular flexibility index (Phi) is 5.95. The van der Waals surface area contributed by atoms with Crippen molar-refractivity contribution in [1.29, 1.82) is 0 Å². The van der Waals surface area contributed by atoms with Gasteiger partial charge in [0.25, 0.3) is 5.91 Å². The normalized spacial score (nSPS) is 10.3. The SMILES string of the molecule is CCN(CC)C(=O)c1ccc(CNc2ccc(Br)cn2)cc1. The van der Waals surface area contributed by atoms with Crippen molar-refractivity contribution in [1.82, 2.24) is 9.88 Å². The molecule has 0 saturated heterocycles. The zero-order chi connectivity index (χ0) is 15.9. The smallest absolute Gasteiger partial charge is 0.253 e. The molecule has 5 heteroatoms. The fourth-order valence-electron chi connectivity index (χ4n) is 2.13. The van der Waals surface area contributed by atoms with E-state index in [9.17, 15) is 4.79 Å². The Balaban J connectivity index is 1.97. The molecule has 0 radical (unpaired) electrons. The molecule has 1 aromatic carbocycles. The van der Waals surface area contributed by atoms with Gasteiger partial charge in [-0.1, -0.05) is 12.1 Å². The molecule has 116 valence electrons. The van der Waals surface area contributed by atoms with Crippen LogP contribution in [-0.4, -0.2) is 28.9 Å². The van der Waals surface area contributed by atoms with E-state index in [0.29, 0.717) is 6.54 Å². The van der Waals surface area contributed by atoms with E-state index in [0.717, 1.165) is 34.5 Å². The van der Waals surface area contributed by atoms with Crippen molar-refractivity contribution in [2.45, 2.75) is 20.4 Å². The highest BCUT2D eigenvalue weighted by atomic mass is 79.9. The first-order valence-corrected chi connectivity index (χ1v) is 8.17. The number of anilines is 1. The van der Waals surface area contributed by atoms with E-state index in [-0.39, 0.29) is 5.91 Å². The quantitative estimate of drug-likeness (QED) is 0.847. The highest BCUT2D eigenvalue weighted by Crippen LogP contribution is 2.12. The molecule has 2 aromatic rings. The van der Waals surface area contributed by atoms with Crippen molar-refractivity contribution in [3.8, 4) is 0 Å². The Labute approximate surface area is 139 Å². The van der Waals surface area contributed by atoms with Crippen LogP contribution >= 0.6 is 15.9 Å². The van der Waals surface area contributed by atoms with Crippen molar-refractivity contribution in [2.75, 3.05) is 18.4 Å². The van der Waals surface area contributed by atoms with Crippen molar-refractivity contribution in [2.24, 2.45) is 0 Å². The average molecular weight is 362 g/mol. The van der Waals surface area contributed by atoms with E-state index in [4.69, 9.17) is 0 Å². The molecule has 0 aliphatic rings. The van der Waals surface area contributed by atoms with Crippen molar-refractivity contribution >= 4 is 27.7 Å². The molecule has 0 saturated carbocycles. The Morgan fingerprint density at radius 1 is 1.14 bits per heavy atom.